The zero-order valence-corrected chi connectivity index (χ0v) is 15.8. The van der Waals surface area contributed by atoms with Crippen LogP contribution < -0.4 is 20.1 Å². The molecular weight excluding hydrogens is 368 g/mol. The van der Waals surface area contributed by atoms with Gasteiger partial charge in [-0.25, -0.2) is 10.4 Å². The molecule has 0 heterocycles. The lowest BCUT2D eigenvalue weighted by Gasteiger charge is -2.11. The topological polar surface area (TPSA) is 115 Å². The third-order valence-corrected chi connectivity index (χ3v) is 4.40. The highest BCUT2D eigenvalue weighted by atomic mass is 32.2. The van der Waals surface area contributed by atoms with Crippen LogP contribution in [0, 0.1) is 6.92 Å². The van der Waals surface area contributed by atoms with Gasteiger partial charge in [-0.05, 0) is 30.2 Å². The average Bonchev–Trinajstić information content (AvgIpc) is 2.58. The predicted molar refractivity (Wildman–Crippen MR) is 106 cm³/mol. The van der Waals surface area contributed by atoms with Crippen LogP contribution in [0.2, 0.25) is 0 Å². The Hall–Kier alpha value is -3.07. The van der Waals surface area contributed by atoms with Crippen LogP contribution in [0.1, 0.15) is 11.1 Å². The number of rotatable bonds is 9. The van der Waals surface area contributed by atoms with E-state index in [9.17, 15) is 8.42 Å². The molecule has 0 radical (unpaired) electrons. The maximum absolute atomic E-state index is 12.3. The Labute approximate surface area is 158 Å². The van der Waals surface area contributed by atoms with Crippen LogP contribution in [0.3, 0.4) is 0 Å². The van der Waals surface area contributed by atoms with Crippen LogP contribution in [0.4, 0.5) is 0 Å². The molecule has 27 heavy (non-hydrogen) atoms. The molecule has 0 saturated heterocycles. The highest BCUT2D eigenvalue weighted by Gasteiger charge is 2.15. The SMILES string of the molecule is C=NNC(N)=NCCOc1cc(C)cc(OS(=O)(=O)Cc2ccccc2)c1. The highest BCUT2D eigenvalue weighted by molar-refractivity contribution is 7.86. The molecule has 0 aliphatic carbocycles. The van der Waals surface area contributed by atoms with Crippen molar-refractivity contribution >= 4 is 22.8 Å². The second-order valence-corrected chi connectivity index (χ2v) is 7.21. The van der Waals surface area contributed by atoms with Crippen molar-refractivity contribution in [2.45, 2.75) is 12.7 Å². The normalized spacial score (nSPS) is 11.7. The summed E-state index contributed by atoms with van der Waals surface area (Å²) in [5.41, 5.74) is 9.37. The lowest BCUT2D eigenvalue weighted by molar-refractivity contribution is 0.327. The van der Waals surface area contributed by atoms with E-state index in [2.05, 4.69) is 22.2 Å². The lowest BCUT2D eigenvalue weighted by Crippen LogP contribution is -2.27. The molecule has 2 aromatic rings. The van der Waals surface area contributed by atoms with Crippen molar-refractivity contribution in [3.8, 4) is 11.5 Å². The summed E-state index contributed by atoms with van der Waals surface area (Å²) in [7, 11) is -3.78. The molecule has 0 spiro atoms. The van der Waals surface area contributed by atoms with Gasteiger partial charge in [0, 0.05) is 12.8 Å². The summed E-state index contributed by atoms with van der Waals surface area (Å²) in [5.74, 6) is 0.592. The Morgan fingerprint density at radius 2 is 1.89 bits per heavy atom. The van der Waals surface area contributed by atoms with Gasteiger partial charge in [-0.2, -0.15) is 13.5 Å². The number of nitrogens with zero attached hydrogens (tertiary/aromatic N) is 2. The second-order valence-electron chi connectivity index (χ2n) is 5.64. The van der Waals surface area contributed by atoms with E-state index in [4.69, 9.17) is 14.7 Å². The summed E-state index contributed by atoms with van der Waals surface area (Å²) in [6, 6.07) is 13.8. The van der Waals surface area contributed by atoms with Crippen LogP contribution in [0.15, 0.2) is 58.6 Å². The van der Waals surface area contributed by atoms with Gasteiger partial charge in [-0.3, -0.25) is 0 Å². The minimum atomic E-state index is -3.78. The van der Waals surface area contributed by atoms with Crippen molar-refractivity contribution in [1.82, 2.24) is 5.43 Å². The molecule has 0 aromatic heterocycles. The van der Waals surface area contributed by atoms with Gasteiger partial charge in [0.15, 0.2) is 0 Å². The van der Waals surface area contributed by atoms with Gasteiger partial charge in [0.05, 0.1) is 6.54 Å². The van der Waals surface area contributed by atoms with E-state index in [-0.39, 0.29) is 24.1 Å². The Morgan fingerprint density at radius 3 is 2.59 bits per heavy atom. The molecule has 9 heteroatoms. The van der Waals surface area contributed by atoms with Gasteiger partial charge < -0.3 is 14.7 Å². The van der Waals surface area contributed by atoms with E-state index >= 15 is 0 Å². The zero-order valence-electron chi connectivity index (χ0n) is 15.0. The molecule has 8 nitrogen and oxygen atoms in total. The maximum atomic E-state index is 12.3. The minimum Gasteiger partial charge on any atom is -0.492 e. The molecule has 0 amide bonds. The molecule has 3 N–H and O–H groups in total. The van der Waals surface area contributed by atoms with Crippen molar-refractivity contribution in [1.29, 1.82) is 0 Å². The average molecular weight is 390 g/mol. The molecular formula is C18H22N4O4S. The van der Waals surface area contributed by atoms with E-state index in [1.807, 2.05) is 13.0 Å². The van der Waals surface area contributed by atoms with Gasteiger partial charge in [-0.1, -0.05) is 30.3 Å². The smallest absolute Gasteiger partial charge is 0.313 e. The van der Waals surface area contributed by atoms with Crippen molar-refractivity contribution in [3.05, 3.63) is 59.7 Å². The molecule has 0 unspecified atom stereocenters. The third-order valence-electron chi connectivity index (χ3n) is 3.27. The molecule has 0 aliphatic rings. The molecule has 2 aromatic carbocycles. The second kappa shape index (κ2) is 9.58. The zero-order chi connectivity index (χ0) is 19.7. The maximum Gasteiger partial charge on any atom is 0.313 e. The molecule has 0 saturated carbocycles. The van der Waals surface area contributed by atoms with Crippen molar-refractivity contribution in [2.24, 2.45) is 15.8 Å². The summed E-state index contributed by atoms with van der Waals surface area (Å²) in [6.07, 6.45) is 0. The first-order chi connectivity index (χ1) is 12.9. The first-order valence-electron chi connectivity index (χ1n) is 8.10. The minimum absolute atomic E-state index is 0.133. The number of guanidine groups is 1. The summed E-state index contributed by atoms with van der Waals surface area (Å²) in [5, 5.41) is 3.39. The molecule has 0 aliphatic heterocycles. The van der Waals surface area contributed by atoms with E-state index in [0.717, 1.165) is 5.56 Å². The number of hydrogen-bond donors (Lipinski definition) is 2. The Kier molecular flexibility index (Phi) is 7.18. The first-order valence-corrected chi connectivity index (χ1v) is 9.68. The largest absolute Gasteiger partial charge is 0.492 e. The fourth-order valence-electron chi connectivity index (χ4n) is 2.25. The third kappa shape index (κ3) is 7.37. The van der Waals surface area contributed by atoms with Crippen molar-refractivity contribution in [3.63, 3.8) is 0 Å². The van der Waals surface area contributed by atoms with E-state index < -0.39 is 10.1 Å². The van der Waals surface area contributed by atoms with Crippen LogP contribution in [0.25, 0.3) is 0 Å². The predicted octanol–water partition coefficient (Wildman–Crippen LogP) is 1.80. The number of aryl methyl sites for hydroxylation is 1. The van der Waals surface area contributed by atoms with Gasteiger partial charge >= 0.3 is 10.1 Å². The number of nitrogens with two attached hydrogens (primary N) is 1. The van der Waals surface area contributed by atoms with E-state index in [1.54, 1.807) is 36.4 Å². The van der Waals surface area contributed by atoms with Gasteiger partial charge in [-0.15, -0.1) is 0 Å². The summed E-state index contributed by atoms with van der Waals surface area (Å²) >= 11 is 0. The Bertz CT molecular complexity index is 899. The van der Waals surface area contributed by atoms with Crippen LogP contribution in [-0.2, 0) is 15.9 Å². The number of hydrazone groups is 1. The van der Waals surface area contributed by atoms with Gasteiger partial charge in [0.2, 0.25) is 5.96 Å². The number of ether oxygens (including phenoxy) is 1. The molecule has 0 bridgehead atoms. The fourth-order valence-corrected chi connectivity index (χ4v) is 3.29. The quantitative estimate of drug-likeness (QED) is 0.222. The van der Waals surface area contributed by atoms with Gasteiger partial charge in [0.1, 0.15) is 23.9 Å². The number of hydrogen-bond acceptors (Lipinski definition) is 6. The van der Waals surface area contributed by atoms with Crippen LogP contribution in [-0.4, -0.2) is 34.2 Å². The molecule has 0 atom stereocenters. The van der Waals surface area contributed by atoms with E-state index in [0.29, 0.717) is 17.9 Å². The van der Waals surface area contributed by atoms with Crippen LogP contribution >= 0.6 is 0 Å². The summed E-state index contributed by atoms with van der Waals surface area (Å²) in [4.78, 5) is 3.98. The molecule has 2 rings (SSSR count). The highest BCUT2D eigenvalue weighted by Crippen LogP contribution is 2.24. The monoisotopic (exact) mass is 390 g/mol. The summed E-state index contributed by atoms with van der Waals surface area (Å²) in [6.45, 7) is 5.60. The Morgan fingerprint density at radius 1 is 1.19 bits per heavy atom. The van der Waals surface area contributed by atoms with Crippen molar-refractivity contribution in [2.75, 3.05) is 13.2 Å². The standard InChI is InChI=1S/C18H22N4O4S/c1-14-10-16(25-9-8-21-18(19)22-20-2)12-17(11-14)26-27(23,24)13-15-6-4-3-5-7-15/h3-7,10-12H,2,8-9,13H2,1H3,(H3,19,21,22). The number of benzene rings is 2. The first kappa shape index (κ1) is 20.2. The van der Waals surface area contributed by atoms with Crippen LogP contribution in [0.5, 0.6) is 11.5 Å². The van der Waals surface area contributed by atoms with Gasteiger partial charge in [0.25, 0.3) is 0 Å². The fraction of sp³-hybridized carbons (Fsp3) is 0.222. The lowest BCUT2D eigenvalue weighted by atomic mass is 10.2. The Balaban J connectivity index is 1.99. The number of aliphatic imine (C=N–C) groups is 1. The van der Waals surface area contributed by atoms with E-state index in [1.165, 1.54) is 6.07 Å². The van der Waals surface area contributed by atoms with Crippen molar-refractivity contribution < 1.29 is 17.3 Å². The molecule has 0 fully saturated rings. The number of nitrogens with one attached hydrogen (secondary N) is 1. The summed E-state index contributed by atoms with van der Waals surface area (Å²) < 4.78 is 35.3. The molecule has 144 valence electrons.